The fourth-order valence-electron chi connectivity index (χ4n) is 3.08. The van der Waals surface area contributed by atoms with E-state index in [1.165, 1.54) is 25.3 Å². The minimum absolute atomic E-state index is 0.0678. The van der Waals surface area contributed by atoms with Crippen molar-refractivity contribution in [1.82, 2.24) is 0 Å². The number of nitrogens with zero attached hydrogens (tertiary/aromatic N) is 1. The molecule has 6 heteroatoms. The average Bonchev–Trinajstić information content (AvgIpc) is 2.79. The van der Waals surface area contributed by atoms with Gasteiger partial charge in [-0.15, -0.1) is 0 Å². The highest BCUT2D eigenvalue weighted by Gasteiger charge is 2.13. The summed E-state index contributed by atoms with van der Waals surface area (Å²) >= 11 is 0. The highest BCUT2D eigenvalue weighted by molar-refractivity contribution is 6.10. The molecule has 0 radical (unpaired) electrons. The Labute approximate surface area is 186 Å². The second-order valence-electron chi connectivity index (χ2n) is 7.26. The van der Waals surface area contributed by atoms with Crippen LogP contribution < -0.4 is 14.8 Å². The van der Waals surface area contributed by atoms with Gasteiger partial charge >= 0.3 is 0 Å². The number of anilines is 1. The Kier molecular flexibility index (Phi) is 7.25. The molecule has 0 spiro atoms. The topological polar surface area (TPSA) is 71.3 Å². The summed E-state index contributed by atoms with van der Waals surface area (Å²) in [6.07, 6.45) is 1.47. The first-order chi connectivity index (χ1) is 15.4. The van der Waals surface area contributed by atoms with Crippen LogP contribution in [0.1, 0.15) is 22.3 Å². The van der Waals surface area contributed by atoms with Crippen molar-refractivity contribution >= 4 is 17.7 Å². The zero-order chi connectivity index (χ0) is 23.1. The molecule has 0 aliphatic heterocycles. The molecule has 0 aliphatic carbocycles. The van der Waals surface area contributed by atoms with Crippen LogP contribution in [0, 0.1) is 31.0 Å². The Morgan fingerprint density at radius 3 is 2.50 bits per heavy atom. The van der Waals surface area contributed by atoms with Crippen LogP contribution in [0.5, 0.6) is 11.5 Å². The monoisotopic (exact) mass is 430 g/mol. The number of rotatable bonds is 7. The number of ether oxygens (including phenoxy) is 2. The normalized spacial score (nSPS) is 10.9. The molecule has 5 nitrogen and oxygen atoms in total. The SMILES string of the molecule is COc1ccc(/C=C(\C#N)C(=O)Nc2ccc(C)cc2C)c(OCc2ccc(F)cc2)c1. The lowest BCUT2D eigenvalue weighted by Crippen LogP contribution is -2.14. The fraction of sp³-hybridized carbons (Fsp3) is 0.154. The fourth-order valence-corrected chi connectivity index (χ4v) is 3.08. The summed E-state index contributed by atoms with van der Waals surface area (Å²) < 4.78 is 24.3. The van der Waals surface area contributed by atoms with Crippen molar-refractivity contribution in [3.8, 4) is 17.6 Å². The second kappa shape index (κ2) is 10.3. The molecule has 0 saturated carbocycles. The van der Waals surface area contributed by atoms with Gasteiger partial charge < -0.3 is 14.8 Å². The molecule has 162 valence electrons. The molecule has 3 aromatic rings. The lowest BCUT2D eigenvalue weighted by Gasteiger charge is -2.12. The standard InChI is InChI=1S/C26H23FN2O3/c1-17-4-11-24(18(2)12-17)29-26(30)21(15-28)13-20-7-10-23(31-3)14-25(20)32-16-19-5-8-22(27)9-6-19/h4-14H,16H2,1-3H3,(H,29,30)/b21-13+. The maximum absolute atomic E-state index is 13.1. The van der Waals surface area contributed by atoms with Crippen molar-refractivity contribution < 1.29 is 18.7 Å². The van der Waals surface area contributed by atoms with E-state index < -0.39 is 5.91 Å². The van der Waals surface area contributed by atoms with Crippen LogP contribution in [0.4, 0.5) is 10.1 Å². The summed E-state index contributed by atoms with van der Waals surface area (Å²) in [5, 5.41) is 12.4. The van der Waals surface area contributed by atoms with Crippen LogP contribution in [0.15, 0.2) is 66.2 Å². The summed E-state index contributed by atoms with van der Waals surface area (Å²) in [4.78, 5) is 12.7. The van der Waals surface area contributed by atoms with Crippen LogP contribution in [0.2, 0.25) is 0 Å². The first kappa shape index (κ1) is 22.6. The summed E-state index contributed by atoms with van der Waals surface area (Å²) in [5.41, 5.74) is 3.88. The minimum Gasteiger partial charge on any atom is -0.497 e. The Morgan fingerprint density at radius 2 is 1.84 bits per heavy atom. The second-order valence-corrected chi connectivity index (χ2v) is 7.26. The Bertz CT molecular complexity index is 1190. The number of aryl methyl sites for hydroxylation is 2. The number of nitriles is 1. The van der Waals surface area contributed by atoms with E-state index in [-0.39, 0.29) is 18.0 Å². The van der Waals surface area contributed by atoms with Crippen LogP contribution >= 0.6 is 0 Å². The number of halogens is 1. The van der Waals surface area contributed by atoms with Crippen molar-refractivity contribution in [2.45, 2.75) is 20.5 Å². The van der Waals surface area contributed by atoms with E-state index in [1.807, 2.05) is 38.1 Å². The molecule has 1 amide bonds. The Balaban J connectivity index is 1.86. The summed E-state index contributed by atoms with van der Waals surface area (Å²) in [5.74, 6) is 0.155. The zero-order valence-electron chi connectivity index (χ0n) is 18.1. The molecular formula is C26H23FN2O3. The van der Waals surface area contributed by atoms with Gasteiger partial charge in [0.05, 0.1) is 7.11 Å². The lowest BCUT2D eigenvalue weighted by atomic mass is 10.1. The van der Waals surface area contributed by atoms with Gasteiger partial charge in [0.2, 0.25) is 0 Å². The van der Waals surface area contributed by atoms with Gasteiger partial charge in [0.15, 0.2) is 0 Å². The maximum atomic E-state index is 13.1. The number of benzene rings is 3. The van der Waals surface area contributed by atoms with Gasteiger partial charge in [-0.2, -0.15) is 5.26 Å². The van der Waals surface area contributed by atoms with Crippen LogP contribution in [0.3, 0.4) is 0 Å². The van der Waals surface area contributed by atoms with Gasteiger partial charge in [-0.05, 0) is 61.4 Å². The van der Waals surface area contributed by atoms with Crippen molar-refractivity contribution in [1.29, 1.82) is 5.26 Å². The summed E-state index contributed by atoms with van der Waals surface area (Å²) in [7, 11) is 1.53. The largest absolute Gasteiger partial charge is 0.497 e. The zero-order valence-corrected chi connectivity index (χ0v) is 18.1. The highest BCUT2D eigenvalue weighted by atomic mass is 19.1. The van der Waals surface area contributed by atoms with E-state index in [1.54, 1.807) is 30.3 Å². The molecule has 0 heterocycles. The van der Waals surface area contributed by atoms with E-state index >= 15 is 0 Å². The van der Waals surface area contributed by atoms with Crippen molar-refractivity contribution in [3.05, 3.63) is 94.3 Å². The van der Waals surface area contributed by atoms with Gasteiger partial charge in [0.1, 0.15) is 35.6 Å². The Morgan fingerprint density at radius 1 is 1.09 bits per heavy atom. The summed E-state index contributed by atoms with van der Waals surface area (Å²) in [6.45, 7) is 4.05. The van der Waals surface area contributed by atoms with E-state index in [2.05, 4.69) is 5.32 Å². The van der Waals surface area contributed by atoms with E-state index in [0.717, 1.165) is 16.7 Å². The molecule has 1 N–H and O–H groups in total. The molecule has 0 saturated heterocycles. The van der Waals surface area contributed by atoms with Gasteiger partial charge in [0, 0.05) is 17.3 Å². The molecular weight excluding hydrogens is 407 g/mol. The van der Waals surface area contributed by atoms with Gasteiger partial charge in [-0.3, -0.25) is 4.79 Å². The lowest BCUT2D eigenvalue weighted by molar-refractivity contribution is -0.112. The van der Waals surface area contributed by atoms with Gasteiger partial charge in [-0.25, -0.2) is 4.39 Å². The molecule has 0 unspecified atom stereocenters. The van der Waals surface area contributed by atoms with Crippen LogP contribution in [-0.2, 0) is 11.4 Å². The molecule has 0 atom stereocenters. The quantitative estimate of drug-likeness (QED) is 0.393. The molecule has 32 heavy (non-hydrogen) atoms. The molecule has 0 aliphatic rings. The number of methoxy groups -OCH3 is 1. The van der Waals surface area contributed by atoms with Crippen molar-refractivity contribution in [2.24, 2.45) is 0 Å². The number of hydrogen-bond acceptors (Lipinski definition) is 4. The van der Waals surface area contributed by atoms with Crippen molar-refractivity contribution in [3.63, 3.8) is 0 Å². The average molecular weight is 430 g/mol. The summed E-state index contributed by atoms with van der Waals surface area (Å²) in [6, 6.07) is 18.7. The first-order valence-electron chi connectivity index (χ1n) is 9.95. The molecule has 0 fully saturated rings. The first-order valence-corrected chi connectivity index (χ1v) is 9.95. The van der Waals surface area contributed by atoms with Gasteiger partial charge in [-0.1, -0.05) is 29.8 Å². The highest BCUT2D eigenvalue weighted by Crippen LogP contribution is 2.28. The Hall–Kier alpha value is -4.11. The maximum Gasteiger partial charge on any atom is 0.266 e. The molecule has 0 aromatic heterocycles. The minimum atomic E-state index is -0.514. The smallest absolute Gasteiger partial charge is 0.266 e. The number of carbonyl (C=O) groups excluding carboxylic acids is 1. The van der Waals surface area contributed by atoms with E-state index in [4.69, 9.17) is 9.47 Å². The predicted molar refractivity (Wildman–Crippen MR) is 122 cm³/mol. The van der Waals surface area contributed by atoms with Crippen LogP contribution in [0.25, 0.3) is 6.08 Å². The third-order valence-corrected chi connectivity index (χ3v) is 4.82. The number of nitrogens with one attached hydrogen (secondary N) is 1. The number of hydrogen-bond donors (Lipinski definition) is 1. The third kappa shape index (κ3) is 5.73. The predicted octanol–water partition coefficient (Wildman–Crippen LogP) is 5.58. The molecule has 3 rings (SSSR count). The number of amides is 1. The molecule has 0 bridgehead atoms. The van der Waals surface area contributed by atoms with Crippen LogP contribution in [-0.4, -0.2) is 13.0 Å². The third-order valence-electron chi connectivity index (χ3n) is 4.82. The van der Waals surface area contributed by atoms with E-state index in [0.29, 0.717) is 22.7 Å². The van der Waals surface area contributed by atoms with Gasteiger partial charge in [0.25, 0.3) is 5.91 Å². The molecule has 3 aromatic carbocycles. The number of carbonyl (C=O) groups is 1. The van der Waals surface area contributed by atoms with E-state index in [9.17, 15) is 14.4 Å². The van der Waals surface area contributed by atoms with Crippen molar-refractivity contribution in [2.75, 3.05) is 12.4 Å².